The maximum atomic E-state index is 12.7. The molecule has 1 amide bonds. The van der Waals surface area contributed by atoms with Crippen molar-refractivity contribution < 1.29 is 13.2 Å². The Morgan fingerprint density at radius 2 is 1.62 bits per heavy atom. The molecule has 1 fully saturated rings. The molecule has 0 saturated carbocycles. The van der Waals surface area contributed by atoms with Gasteiger partial charge in [0.05, 0.1) is 11.3 Å². The molecule has 0 unspecified atom stereocenters. The second-order valence-electron chi connectivity index (χ2n) is 6.70. The van der Waals surface area contributed by atoms with Crippen LogP contribution in [0, 0.1) is 13.8 Å². The molecule has 1 saturated heterocycles. The first-order valence-corrected chi connectivity index (χ1v) is 10.2. The fourth-order valence-corrected chi connectivity index (χ4v) is 4.63. The van der Waals surface area contributed by atoms with E-state index in [0.717, 1.165) is 16.7 Å². The molecule has 1 aliphatic rings. The van der Waals surface area contributed by atoms with Gasteiger partial charge < -0.3 is 4.90 Å². The number of hydrogen-bond donors (Lipinski definition) is 0. The van der Waals surface area contributed by atoms with Crippen molar-refractivity contribution in [1.82, 2.24) is 9.21 Å². The lowest BCUT2D eigenvalue weighted by molar-refractivity contribution is -0.131. The summed E-state index contributed by atoms with van der Waals surface area (Å²) in [5.41, 5.74) is 3.28. The van der Waals surface area contributed by atoms with E-state index in [9.17, 15) is 13.2 Å². The molecule has 1 aliphatic heterocycles. The number of hydrogen-bond acceptors (Lipinski definition) is 3. The zero-order valence-electron chi connectivity index (χ0n) is 15.2. The second-order valence-corrected chi connectivity index (χ2v) is 8.64. The van der Waals surface area contributed by atoms with Crippen molar-refractivity contribution in [3.8, 4) is 0 Å². The minimum absolute atomic E-state index is 0.0514. The van der Waals surface area contributed by atoms with Crippen molar-refractivity contribution in [2.24, 2.45) is 0 Å². The summed E-state index contributed by atoms with van der Waals surface area (Å²) in [7, 11) is -3.49. The first-order chi connectivity index (χ1) is 12.4. The molecular weight excluding hydrogens is 348 g/mol. The highest BCUT2D eigenvalue weighted by molar-refractivity contribution is 7.89. The average Bonchev–Trinajstić information content (AvgIpc) is 2.65. The highest BCUT2D eigenvalue weighted by Gasteiger charge is 2.29. The van der Waals surface area contributed by atoms with E-state index < -0.39 is 10.0 Å². The topological polar surface area (TPSA) is 57.7 Å². The number of aryl methyl sites for hydroxylation is 2. The van der Waals surface area contributed by atoms with Gasteiger partial charge >= 0.3 is 0 Å². The molecule has 26 heavy (non-hydrogen) atoms. The lowest BCUT2D eigenvalue weighted by Gasteiger charge is -2.34. The molecule has 0 aromatic heterocycles. The molecule has 0 spiro atoms. The minimum atomic E-state index is -3.49. The van der Waals surface area contributed by atoms with Crippen LogP contribution in [0.3, 0.4) is 0 Å². The molecule has 138 valence electrons. The standard InChI is InChI=1S/C20H24N2O3S/c1-16-8-9-17(2)18(14-16)15-20(23)21-10-12-22(13-11-21)26(24,25)19-6-4-3-5-7-19/h3-9,14H,10-13,15H2,1-2H3. The molecule has 2 aromatic rings. The third-order valence-electron chi connectivity index (χ3n) is 4.82. The largest absolute Gasteiger partial charge is 0.340 e. The number of piperazine rings is 1. The van der Waals surface area contributed by atoms with Gasteiger partial charge in [0.15, 0.2) is 0 Å². The Morgan fingerprint density at radius 1 is 0.962 bits per heavy atom. The summed E-state index contributed by atoms with van der Waals surface area (Å²) in [5.74, 6) is 0.0514. The summed E-state index contributed by atoms with van der Waals surface area (Å²) in [4.78, 5) is 14.7. The fourth-order valence-electron chi connectivity index (χ4n) is 3.18. The Labute approximate surface area is 155 Å². The molecule has 2 aromatic carbocycles. The van der Waals surface area contributed by atoms with Gasteiger partial charge in [-0.3, -0.25) is 4.79 Å². The average molecular weight is 372 g/mol. The van der Waals surface area contributed by atoms with Crippen LogP contribution in [0.25, 0.3) is 0 Å². The van der Waals surface area contributed by atoms with E-state index in [1.165, 1.54) is 4.31 Å². The van der Waals surface area contributed by atoms with Crippen LogP contribution in [-0.2, 0) is 21.2 Å². The molecule has 0 N–H and O–H groups in total. The monoisotopic (exact) mass is 372 g/mol. The van der Waals surface area contributed by atoms with Crippen LogP contribution < -0.4 is 0 Å². The third-order valence-corrected chi connectivity index (χ3v) is 6.73. The van der Waals surface area contributed by atoms with E-state index in [-0.39, 0.29) is 5.91 Å². The lowest BCUT2D eigenvalue weighted by Crippen LogP contribution is -2.50. The number of sulfonamides is 1. The normalized spacial score (nSPS) is 15.8. The van der Waals surface area contributed by atoms with Crippen LogP contribution in [0.1, 0.15) is 16.7 Å². The van der Waals surface area contributed by atoms with E-state index in [4.69, 9.17) is 0 Å². The summed E-state index contributed by atoms with van der Waals surface area (Å²) in [5, 5.41) is 0. The Balaban J connectivity index is 1.63. The van der Waals surface area contributed by atoms with Gasteiger partial charge in [-0.25, -0.2) is 8.42 Å². The summed E-state index contributed by atoms with van der Waals surface area (Å²) in [6, 6.07) is 14.6. The predicted molar refractivity (Wildman–Crippen MR) is 101 cm³/mol. The van der Waals surface area contributed by atoms with Gasteiger partial charge in [0.25, 0.3) is 0 Å². The van der Waals surface area contributed by atoms with Gasteiger partial charge in [-0.15, -0.1) is 0 Å². The number of nitrogens with zero attached hydrogens (tertiary/aromatic N) is 2. The summed E-state index contributed by atoms with van der Waals surface area (Å²) in [6.07, 6.45) is 0.360. The van der Waals surface area contributed by atoms with E-state index in [2.05, 4.69) is 0 Å². The minimum Gasteiger partial charge on any atom is -0.340 e. The highest BCUT2D eigenvalue weighted by atomic mass is 32.2. The molecule has 0 bridgehead atoms. The van der Waals surface area contributed by atoms with Gasteiger partial charge in [-0.2, -0.15) is 4.31 Å². The van der Waals surface area contributed by atoms with Gasteiger partial charge in [0, 0.05) is 26.2 Å². The first-order valence-electron chi connectivity index (χ1n) is 8.77. The Bertz CT molecular complexity index is 887. The Morgan fingerprint density at radius 3 is 2.27 bits per heavy atom. The molecule has 0 aliphatic carbocycles. The molecule has 3 rings (SSSR count). The van der Waals surface area contributed by atoms with Crippen molar-refractivity contribution in [1.29, 1.82) is 0 Å². The van der Waals surface area contributed by atoms with Crippen LogP contribution in [-0.4, -0.2) is 49.7 Å². The molecule has 6 heteroatoms. The number of rotatable bonds is 4. The van der Waals surface area contributed by atoms with E-state index in [1.807, 2.05) is 32.0 Å². The molecule has 0 radical (unpaired) electrons. The number of amides is 1. The van der Waals surface area contributed by atoms with E-state index >= 15 is 0 Å². The zero-order valence-corrected chi connectivity index (χ0v) is 16.0. The van der Waals surface area contributed by atoms with Gasteiger partial charge in [-0.1, -0.05) is 42.0 Å². The summed E-state index contributed by atoms with van der Waals surface area (Å²) in [6.45, 7) is 5.53. The van der Waals surface area contributed by atoms with E-state index in [0.29, 0.717) is 37.5 Å². The quantitative estimate of drug-likeness (QED) is 0.828. The highest BCUT2D eigenvalue weighted by Crippen LogP contribution is 2.18. The van der Waals surface area contributed by atoms with Crippen molar-refractivity contribution in [2.75, 3.05) is 26.2 Å². The van der Waals surface area contributed by atoms with Crippen molar-refractivity contribution in [3.63, 3.8) is 0 Å². The smallest absolute Gasteiger partial charge is 0.243 e. The number of carbonyl (C=O) groups excluding carboxylic acids is 1. The Hall–Kier alpha value is -2.18. The van der Waals surface area contributed by atoms with Crippen LogP contribution in [0.15, 0.2) is 53.4 Å². The molecule has 0 atom stereocenters. The first kappa shape index (κ1) is 18.6. The number of carbonyl (C=O) groups is 1. The van der Waals surface area contributed by atoms with Gasteiger partial charge in [-0.05, 0) is 37.1 Å². The Kier molecular flexibility index (Phi) is 5.44. The van der Waals surface area contributed by atoms with Crippen molar-refractivity contribution in [2.45, 2.75) is 25.2 Å². The fraction of sp³-hybridized carbons (Fsp3) is 0.350. The molecule has 1 heterocycles. The molecule has 5 nitrogen and oxygen atoms in total. The van der Waals surface area contributed by atoms with Gasteiger partial charge in [0.1, 0.15) is 0 Å². The second kappa shape index (κ2) is 7.60. The maximum absolute atomic E-state index is 12.7. The predicted octanol–water partition coefficient (Wildman–Crippen LogP) is 2.38. The lowest BCUT2D eigenvalue weighted by atomic mass is 10.0. The van der Waals surface area contributed by atoms with Crippen LogP contribution in [0.5, 0.6) is 0 Å². The number of benzene rings is 2. The van der Waals surface area contributed by atoms with Crippen LogP contribution >= 0.6 is 0 Å². The van der Waals surface area contributed by atoms with Gasteiger partial charge in [0.2, 0.25) is 15.9 Å². The maximum Gasteiger partial charge on any atom is 0.243 e. The van der Waals surface area contributed by atoms with Crippen molar-refractivity contribution in [3.05, 3.63) is 65.2 Å². The summed E-state index contributed by atoms with van der Waals surface area (Å²) < 4.78 is 26.8. The third kappa shape index (κ3) is 3.97. The molecular formula is C20H24N2O3S. The zero-order chi connectivity index (χ0) is 18.7. The van der Waals surface area contributed by atoms with Crippen LogP contribution in [0.2, 0.25) is 0 Å². The SMILES string of the molecule is Cc1ccc(C)c(CC(=O)N2CCN(S(=O)(=O)c3ccccc3)CC2)c1. The van der Waals surface area contributed by atoms with Crippen molar-refractivity contribution >= 4 is 15.9 Å². The van der Waals surface area contributed by atoms with E-state index in [1.54, 1.807) is 35.2 Å². The summed E-state index contributed by atoms with van der Waals surface area (Å²) >= 11 is 0. The van der Waals surface area contributed by atoms with Crippen LogP contribution in [0.4, 0.5) is 0 Å².